The maximum atomic E-state index is 10.8. The van der Waals surface area contributed by atoms with Crippen LogP contribution in [0.1, 0.15) is 44.1 Å². The molecule has 8 heteroatoms. The number of nitrogens with zero attached hydrogens (tertiary/aromatic N) is 3. The van der Waals surface area contributed by atoms with Crippen molar-refractivity contribution in [2.75, 3.05) is 23.7 Å². The van der Waals surface area contributed by atoms with Gasteiger partial charge in [-0.3, -0.25) is 10.1 Å². The molecule has 1 aromatic heterocycles. The van der Waals surface area contributed by atoms with Crippen LogP contribution >= 0.6 is 0 Å². The van der Waals surface area contributed by atoms with E-state index in [9.17, 15) is 10.1 Å². The van der Waals surface area contributed by atoms with Crippen molar-refractivity contribution >= 4 is 17.6 Å². The molecule has 1 atom stereocenters. The Kier molecular flexibility index (Phi) is 5.28. The van der Waals surface area contributed by atoms with Crippen LogP contribution in [0.4, 0.5) is 17.6 Å². The SMILES string of the molecule is CCCCCC(C[N+](=O)[O-])c1c(N)nc(N)nc1N. The molecule has 0 spiro atoms. The largest absolute Gasteiger partial charge is 0.383 e. The average Bonchev–Trinajstić information content (AvgIpc) is 2.26. The first kappa shape index (κ1) is 14.9. The van der Waals surface area contributed by atoms with Crippen molar-refractivity contribution in [3.8, 4) is 0 Å². The summed E-state index contributed by atoms with van der Waals surface area (Å²) in [6.07, 6.45) is 3.55. The van der Waals surface area contributed by atoms with E-state index < -0.39 is 0 Å². The Morgan fingerprint density at radius 1 is 1.21 bits per heavy atom. The van der Waals surface area contributed by atoms with E-state index in [2.05, 4.69) is 16.9 Å². The zero-order valence-electron chi connectivity index (χ0n) is 11.0. The molecule has 0 saturated heterocycles. The molecule has 1 heterocycles. The highest BCUT2D eigenvalue weighted by Gasteiger charge is 2.24. The highest BCUT2D eigenvalue weighted by molar-refractivity contribution is 5.57. The molecule has 1 aromatic rings. The summed E-state index contributed by atoms with van der Waals surface area (Å²) in [5.74, 6) is -0.129. The van der Waals surface area contributed by atoms with Gasteiger partial charge < -0.3 is 17.2 Å². The van der Waals surface area contributed by atoms with Gasteiger partial charge in [-0.1, -0.05) is 26.2 Å². The number of nitrogens with two attached hydrogens (primary N) is 3. The van der Waals surface area contributed by atoms with Crippen molar-refractivity contribution in [2.24, 2.45) is 0 Å². The van der Waals surface area contributed by atoms with Crippen molar-refractivity contribution in [3.63, 3.8) is 0 Å². The van der Waals surface area contributed by atoms with E-state index in [1.165, 1.54) is 0 Å². The van der Waals surface area contributed by atoms with Crippen LogP contribution in [0.5, 0.6) is 0 Å². The van der Waals surface area contributed by atoms with Crippen LogP contribution in [0, 0.1) is 10.1 Å². The van der Waals surface area contributed by atoms with E-state index in [0.29, 0.717) is 12.0 Å². The zero-order chi connectivity index (χ0) is 14.4. The zero-order valence-corrected chi connectivity index (χ0v) is 11.0. The van der Waals surface area contributed by atoms with Gasteiger partial charge in [0.2, 0.25) is 12.5 Å². The number of nitro groups is 1. The number of hydrogen-bond acceptors (Lipinski definition) is 7. The minimum Gasteiger partial charge on any atom is -0.383 e. The molecule has 0 aliphatic carbocycles. The highest BCUT2D eigenvalue weighted by atomic mass is 16.6. The highest BCUT2D eigenvalue weighted by Crippen LogP contribution is 2.30. The molecule has 0 aliphatic rings. The van der Waals surface area contributed by atoms with Crippen LogP contribution in [0.2, 0.25) is 0 Å². The molecule has 6 N–H and O–H groups in total. The summed E-state index contributed by atoms with van der Waals surface area (Å²) in [6, 6.07) is 0. The lowest BCUT2D eigenvalue weighted by atomic mass is 9.93. The fourth-order valence-corrected chi connectivity index (χ4v) is 2.09. The second-order valence-electron chi connectivity index (χ2n) is 4.47. The molecule has 1 rings (SSSR count). The molecule has 0 fully saturated rings. The van der Waals surface area contributed by atoms with E-state index in [1.807, 2.05) is 0 Å². The molecule has 8 nitrogen and oxygen atoms in total. The van der Waals surface area contributed by atoms with Gasteiger partial charge in [-0.2, -0.15) is 9.97 Å². The summed E-state index contributed by atoms with van der Waals surface area (Å²) in [7, 11) is 0. The van der Waals surface area contributed by atoms with Crippen LogP contribution in [-0.2, 0) is 0 Å². The van der Waals surface area contributed by atoms with Gasteiger partial charge in [0, 0.05) is 10.5 Å². The molecule has 0 aromatic carbocycles. The van der Waals surface area contributed by atoms with Crippen molar-refractivity contribution < 1.29 is 4.92 Å². The first-order chi connectivity index (χ1) is 8.95. The predicted molar refractivity (Wildman–Crippen MR) is 74.0 cm³/mol. The van der Waals surface area contributed by atoms with Crippen LogP contribution in [0.15, 0.2) is 0 Å². The number of nitrogen functional groups attached to an aromatic ring is 3. The van der Waals surface area contributed by atoms with Gasteiger partial charge in [-0.05, 0) is 6.42 Å². The lowest BCUT2D eigenvalue weighted by molar-refractivity contribution is -0.483. The second kappa shape index (κ2) is 6.72. The molecule has 19 heavy (non-hydrogen) atoms. The Hall–Kier alpha value is -2.12. The van der Waals surface area contributed by atoms with E-state index in [4.69, 9.17) is 17.2 Å². The van der Waals surface area contributed by atoms with Crippen LogP contribution in [-0.4, -0.2) is 21.4 Å². The summed E-state index contributed by atoms with van der Waals surface area (Å²) in [5.41, 5.74) is 17.4. The van der Waals surface area contributed by atoms with Gasteiger partial charge in [0.1, 0.15) is 11.6 Å². The fraction of sp³-hybridized carbons (Fsp3) is 0.636. The first-order valence-corrected chi connectivity index (χ1v) is 6.25. The van der Waals surface area contributed by atoms with Crippen molar-refractivity contribution in [1.82, 2.24) is 9.97 Å². The predicted octanol–water partition coefficient (Wildman–Crippen LogP) is 1.16. The third-order valence-corrected chi connectivity index (χ3v) is 2.96. The Labute approximate surface area is 111 Å². The second-order valence-corrected chi connectivity index (χ2v) is 4.47. The van der Waals surface area contributed by atoms with Gasteiger partial charge in [-0.15, -0.1) is 0 Å². The molecule has 0 bridgehead atoms. The standard InChI is InChI=1S/C11H20N6O2/c1-2-3-4-5-7(6-17(18)19)8-9(12)15-11(14)16-10(8)13/h7H,2-6H2,1H3,(H6,12,13,14,15,16). The lowest BCUT2D eigenvalue weighted by Gasteiger charge is -2.16. The minimum atomic E-state index is -0.373. The Balaban J connectivity index is 2.99. The van der Waals surface area contributed by atoms with E-state index in [-0.39, 0.29) is 35.0 Å². The molecular formula is C11H20N6O2. The van der Waals surface area contributed by atoms with Crippen molar-refractivity contribution in [3.05, 3.63) is 15.7 Å². The number of aromatic nitrogens is 2. The summed E-state index contributed by atoms with van der Waals surface area (Å²) >= 11 is 0. The summed E-state index contributed by atoms with van der Waals surface area (Å²) in [6.45, 7) is 1.84. The quantitative estimate of drug-likeness (QED) is 0.382. The molecule has 0 amide bonds. The van der Waals surface area contributed by atoms with Gasteiger partial charge >= 0.3 is 0 Å². The number of unbranched alkanes of at least 4 members (excludes halogenated alkanes) is 2. The number of anilines is 3. The van der Waals surface area contributed by atoms with Gasteiger partial charge in [0.05, 0.1) is 5.92 Å². The minimum absolute atomic E-state index is 0.0211. The molecule has 106 valence electrons. The van der Waals surface area contributed by atoms with E-state index in [0.717, 1.165) is 19.3 Å². The van der Waals surface area contributed by atoms with Crippen LogP contribution in [0.25, 0.3) is 0 Å². The normalized spacial score (nSPS) is 12.3. The Morgan fingerprint density at radius 2 is 1.79 bits per heavy atom. The van der Waals surface area contributed by atoms with Crippen LogP contribution in [0.3, 0.4) is 0 Å². The summed E-state index contributed by atoms with van der Waals surface area (Å²) in [5, 5.41) is 10.8. The van der Waals surface area contributed by atoms with Crippen LogP contribution < -0.4 is 17.2 Å². The number of rotatable bonds is 7. The molecule has 1 unspecified atom stereocenters. The third kappa shape index (κ3) is 4.23. The monoisotopic (exact) mass is 268 g/mol. The average molecular weight is 268 g/mol. The maximum absolute atomic E-state index is 10.8. The number of hydrogen-bond donors (Lipinski definition) is 3. The molecule has 0 radical (unpaired) electrons. The van der Waals surface area contributed by atoms with Gasteiger partial charge in [-0.25, -0.2) is 0 Å². The van der Waals surface area contributed by atoms with Gasteiger partial charge in [0.15, 0.2) is 0 Å². The van der Waals surface area contributed by atoms with E-state index >= 15 is 0 Å². The topological polar surface area (TPSA) is 147 Å². The Morgan fingerprint density at radius 3 is 2.26 bits per heavy atom. The maximum Gasteiger partial charge on any atom is 0.223 e. The lowest BCUT2D eigenvalue weighted by Crippen LogP contribution is -2.18. The molecule has 0 saturated carbocycles. The summed E-state index contributed by atoms with van der Waals surface area (Å²) < 4.78 is 0. The first-order valence-electron chi connectivity index (χ1n) is 6.25. The smallest absolute Gasteiger partial charge is 0.223 e. The third-order valence-electron chi connectivity index (χ3n) is 2.96. The van der Waals surface area contributed by atoms with Gasteiger partial charge in [0.25, 0.3) is 0 Å². The molecular weight excluding hydrogens is 248 g/mol. The Bertz CT molecular complexity index is 428. The van der Waals surface area contributed by atoms with Crippen molar-refractivity contribution in [2.45, 2.75) is 38.5 Å². The van der Waals surface area contributed by atoms with E-state index in [1.54, 1.807) is 0 Å². The fourth-order valence-electron chi connectivity index (χ4n) is 2.09. The summed E-state index contributed by atoms with van der Waals surface area (Å²) in [4.78, 5) is 18.1. The molecule has 0 aliphatic heterocycles. The van der Waals surface area contributed by atoms with Crippen molar-refractivity contribution in [1.29, 1.82) is 0 Å².